The fraction of sp³-hybridized carbons (Fsp3) is 0.278. The standard InChI is InChI=1S/C18H19BrN2O5/c1-26-16-7-4-12(9-20-16)15(8-17(23)24)21-18(25)14(10-22)11-2-5-13(19)6-3-11/h2-7,9,14-15,22H,8,10H2,1H3,(H,21,25)(H,23,24). The molecule has 7 nitrogen and oxygen atoms in total. The predicted molar refractivity (Wildman–Crippen MR) is 97.9 cm³/mol. The van der Waals surface area contributed by atoms with Crippen molar-refractivity contribution >= 4 is 27.8 Å². The second-order valence-electron chi connectivity index (χ2n) is 5.58. The Morgan fingerprint density at radius 3 is 2.35 bits per heavy atom. The Morgan fingerprint density at radius 2 is 1.85 bits per heavy atom. The molecule has 1 amide bonds. The molecule has 2 aromatic rings. The van der Waals surface area contributed by atoms with Crippen LogP contribution in [0.5, 0.6) is 5.88 Å². The second kappa shape index (κ2) is 9.30. The molecule has 3 N–H and O–H groups in total. The molecule has 0 saturated carbocycles. The first-order chi connectivity index (χ1) is 12.4. The van der Waals surface area contributed by atoms with E-state index in [1.165, 1.54) is 13.3 Å². The lowest BCUT2D eigenvalue weighted by Gasteiger charge is -2.21. The third kappa shape index (κ3) is 5.27. The fourth-order valence-electron chi connectivity index (χ4n) is 2.45. The summed E-state index contributed by atoms with van der Waals surface area (Å²) in [6, 6.07) is 9.46. The van der Waals surface area contributed by atoms with E-state index in [4.69, 9.17) is 9.84 Å². The van der Waals surface area contributed by atoms with Gasteiger partial charge in [-0.25, -0.2) is 4.98 Å². The van der Waals surface area contributed by atoms with Crippen LogP contribution in [-0.2, 0) is 9.59 Å². The normalized spacial score (nSPS) is 12.9. The first-order valence-electron chi connectivity index (χ1n) is 7.83. The highest BCUT2D eigenvalue weighted by molar-refractivity contribution is 9.10. The number of hydrogen-bond donors (Lipinski definition) is 3. The van der Waals surface area contributed by atoms with Gasteiger partial charge >= 0.3 is 5.97 Å². The molecular weight excluding hydrogens is 404 g/mol. The van der Waals surface area contributed by atoms with Crippen LogP contribution in [0.3, 0.4) is 0 Å². The van der Waals surface area contributed by atoms with Gasteiger partial charge in [0, 0.05) is 16.7 Å². The Hall–Kier alpha value is -2.45. The molecule has 0 aliphatic rings. The highest BCUT2D eigenvalue weighted by atomic mass is 79.9. The number of amides is 1. The maximum Gasteiger partial charge on any atom is 0.305 e. The number of methoxy groups -OCH3 is 1. The maximum absolute atomic E-state index is 12.6. The van der Waals surface area contributed by atoms with Crippen LogP contribution in [0, 0.1) is 0 Å². The van der Waals surface area contributed by atoms with Crippen LogP contribution in [0.2, 0.25) is 0 Å². The van der Waals surface area contributed by atoms with Crippen molar-refractivity contribution in [1.82, 2.24) is 10.3 Å². The number of carbonyl (C=O) groups excluding carboxylic acids is 1. The molecule has 8 heteroatoms. The van der Waals surface area contributed by atoms with E-state index >= 15 is 0 Å². The number of aliphatic hydroxyl groups excluding tert-OH is 1. The number of carboxylic acid groups (broad SMARTS) is 1. The van der Waals surface area contributed by atoms with Gasteiger partial charge in [-0.1, -0.05) is 34.1 Å². The van der Waals surface area contributed by atoms with Crippen molar-refractivity contribution in [1.29, 1.82) is 0 Å². The van der Waals surface area contributed by atoms with E-state index in [0.29, 0.717) is 17.0 Å². The van der Waals surface area contributed by atoms with Crippen molar-refractivity contribution < 1.29 is 24.5 Å². The lowest BCUT2D eigenvalue weighted by molar-refractivity contribution is -0.137. The molecule has 0 spiro atoms. The van der Waals surface area contributed by atoms with Gasteiger partial charge in [0.05, 0.1) is 32.1 Å². The molecular formula is C18H19BrN2O5. The molecule has 0 saturated heterocycles. The van der Waals surface area contributed by atoms with E-state index in [0.717, 1.165) is 4.47 Å². The number of carboxylic acids is 1. The van der Waals surface area contributed by atoms with E-state index in [1.807, 2.05) is 0 Å². The molecule has 26 heavy (non-hydrogen) atoms. The Bertz CT molecular complexity index is 749. The molecule has 138 valence electrons. The molecule has 0 fully saturated rings. The molecule has 0 bridgehead atoms. The number of rotatable bonds is 8. The summed E-state index contributed by atoms with van der Waals surface area (Å²) >= 11 is 3.32. The summed E-state index contributed by atoms with van der Waals surface area (Å²) in [4.78, 5) is 27.9. The first kappa shape index (κ1) is 19.9. The number of aromatic nitrogens is 1. The van der Waals surface area contributed by atoms with Crippen molar-refractivity contribution in [2.75, 3.05) is 13.7 Å². The number of halogens is 1. The van der Waals surface area contributed by atoms with Crippen molar-refractivity contribution in [3.8, 4) is 5.88 Å². The number of ether oxygens (including phenoxy) is 1. The maximum atomic E-state index is 12.6. The van der Waals surface area contributed by atoms with Gasteiger partial charge in [0.2, 0.25) is 11.8 Å². The van der Waals surface area contributed by atoms with Crippen molar-refractivity contribution in [3.05, 3.63) is 58.2 Å². The number of aliphatic hydroxyl groups is 1. The highest BCUT2D eigenvalue weighted by Gasteiger charge is 2.25. The van der Waals surface area contributed by atoms with Gasteiger partial charge in [-0.2, -0.15) is 0 Å². The van der Waals surface area contributed by atoms with E-state index in [9.17, 15) is 14.7 Å². The van der Waals surface area contributed by atoms with E-state index < -0.39 is 30.4 Å². The summed E-state index contributed by atoms with van der Waals surface area (Å²) in [6.07, 6.45) is 1.15. The van der Waals surface area contributed by atoms with Crippen LogP contribution < -0.4 is 10.1 Å². The summed E-state index contributed by atoms with van der Waals surface area (Å²) in [7, 11) is 1.47. The third-order valence-electron chi connectivity index (χ3n) is 3.84. The quantitative estimate of drug-likeness (QED) is 0.601. The largest absolute Gasteiger partial charge is 0.481 e. The number of carbonyl (C=O) groups is 2. The van der Waals surface area contributed by atoms with E-state index in [-0.39, 0.29) is 6.42 Å². The number of nitrogens with zero attached hydrogens (tertiary/aromatic N) is 1. The van der Waals surface area contributed by atoms with Gasteiger partial charge in [-0.15, -0.1) is 0 Å². The second-order valence-corrected chi connectivity index (χ2v) is 6.50. The average molecular weight is 423 g/mol. The third-order valence-corrected chi connectivity index (χ3v) is 4.37. The van der Waals surface area contributed by atoms with E-state index in [1.54, 1.807) is 36.4 Å². The van der Waals surface area contributed by atoms with Crippen LogP contribution in [0.25, 0.3) is 0 Å². The topological polar surface area (TPSA) is 109 Å². The minimum absolute atomic E-state index is 0.307. The lowest BCUT2D eigenvalue weighted by atomic mass is 9.97. The molecule has 0 radical (unpaired) electrons. The van der Waals surface area contributed by atoms with Crippen LogP contribution >= 0.6 is 15.9 Å². The number of nitrogens with one attached hydrogen (secondary N) is 1. The predicted octanol–water partition coefficient (Wildman–Crippen LogP) is 2.26. The number of pyridine rings is 1. The van der Waals surface area contributed by atoms with Crippen molar-refractivity contribution in [2.24, 2.45) is 0 Å². The summed E-state index contributed by atoms with van der Waals surface area (Å²) in [5, 5.41) is 21.5. The monoisotopic (exact) mass is 422 g/mol. The number of benzene rings is 1. The van der Waals surface area contributed by atoms with Crippen LogP contribution in [0.15, 0.2) is 47.1 Å². The first-order valence-corrected chi connectivity index (χ1v) is 8.62. The molecule has 0 aliphatic heterocycles. The van der Waals surface area contributed by atoms with Crippen molar-refractivity contribution in [2.45, 2.75) is 18.4 Å². The SMILES string of the molecule is COc1ccc(C(CC(=O)O)NC(=O)C(CO)c2ccc(Br)cc2)cn1. The summed E-state index contributed by atoms with van der Waals surface area (Å²) in [5.74, 6) is -1.94. The van der Waals surface area contributed by atoms with E-state index in [2.05, 4.69) is 26.2 Å². The molecule has 2 rings (SSSR count). The van der Waals surface area contributed by atoms with Gasteiger partial charge in [0.1, 0.15) is 0 Å². The lowest BCUT2D eigenvalue weighted by Crippen LogP contribution is -2.35. The Morgan fingerprint density at radius 1 is 1.19 bits per heavy atom. The molecule has 2 atom stereocenters. The van der Waals surface area contributed by atoms with Crippen molar-refractivity contribution in [3.63, 3.8) is 0 Å². The smallest absolute Gasteiger partial charge is 0.305 e. The van der Waals surface area contributed by atoms with Crippen LogP contribution in [0.1, 0.15) is 29.5 Å². The minimum atomic E-state index is -1.06. The molecule has 2 unspecified atom stereocenters. The van der Waals surface area contributed by atoms with Gasteiger partial charge in [-0.05, 0) is 23.3 Å². The fourth-order valence-corrected chi connectivity index (χ4v) is 2.72. The average Bonchev–Trinajstić information content (AvgIpc) is 2.63. The zero-order chi connectivity index (χ0) is 19.1. The summed E-state index contributed by atoms with van der Waals surface area (Å²) in [5.41, 5.74) is 1.17. The molecule has 1 heterocycles. The van der Waals surface area contributed by atoms with Gasteiger partial charge < -0.3 is 20.3 Å². The molecule has 1 aromatic heterocycles. The Labute approximate surface area is 159 Å². The zero-order valence-electron chi connectivity index (χ0n) is 14.1. The van der Waals surface area contributed by atoms with Gasteiger partial charge in [0.25, 0.3) is 0 Å². The summed E-state index contributed by atoms with van der Waals surface area (Å²) in [6.45, 7) is -0.395. The number of aliphatic carboxylic acids is 1. The summed E-state index contributed by atoms with van der Waals surface area (Å²) < 4.78 is 5.84. The number of hydrogen-bond acceptors (Lipinski definition) is 5. The van der Waals surface area contributed by atoms with Gasteiger partial charge in [-0.3, -0.25) is 9.59 Å². The minimum Gasteiger partial charge on any atom is -0.481 e. The molecule has 1 aromatic carbocycles. The highest BCUT2D eigenvalue weighted by Crippen LogP contribution is 2.23. The van der Waals surface area contributed by atoms with Crippen LogP contribution in [0.4, 0.5) is 0 Å². The Balaban J connectivity index is 2.20. The van der Waals surface area contributed by atoms with Crippen LogP contribution in [-0.4, -0.2) is 40.8 Å². The molecule has 0 aliphatic carbocycles. The van der Waals surface area contributed by atoms with Gasteiger partial charge in [0.15, 0.2) is 0 Å². The zero-order valence-corrected chi connectivity index (χ0v) is 15.6. The Kier molecular flexibility index (Phi) is 7.11.